The van der Waals surface area contributed by atoms with Crippen molar-refractivity contribution in [3.63, 3.8) is 0 Å². The Labute approximate surface area is 246 Å². The number of Topliss-reactive ketones (excluding diaryl/α,β-unsaturated/α-hetero) is 1. The Balaban J connectivity index is 1.47. The minimum absolute atomic E-state index is 0.0448. The third kappa shape index (κ3) is 7.78. The normalized spacial score (nSPS) is 12.8. The standard InChI is InChI=1S/C33H37N5O4/c1-23(39)30(27-17-15-26(16-18-27)25-13-9-6-10-14-25)38-19-29(35-22-38)37-31(40)28(36-32(41)33(2,3)34-4)21-42-20-24-11-7-5-8-12-24/h5-19,22,28,30,34H,20-21H2,1-4H3,(H,36,41)(H,37,40). The van der Waals surface area contributed by atoms with E-state index in [4.69, 9.17) is 4.74 Å². The SMILES string of the molecule is CNC(C)(C)C(=O)NC(COCc1ccccc1)C(=O)Nc1cn(C(C(C)=O)c2ccc(-c3ccccc3)cc2)cn1. The summed E-state index contributed by atoms with van der Waals surface area (Å²) >= 11 is 0. The van der Waals surface area contributed by atoms with Crippen LogP contribution in [0.4, 0.5) is 5.82 Å². The molecular weight excluding hydrogens is 530 g/mol. The predicted molar refractivity (Wildman–Crippen MR) is 163 cm³/mol. The molecule has 42 heavy (non-hydrogen) atoms. The van der Waals surface area contributed by atoms with Crippen LogP contribution in [0.5, 0.6) is 0 Å². The Bertz CT molecular complexity index is 1480. The van der Waals surface area contributed by atoms with Crippen molar-refractivity contribution in [1.82, 2.24) is 20.2 Å². The Hall–Kier alpha value is -4.60. The van der Waals surface area contributed by atoms with Gasteiger partial charge in [0.2, 0.25) is 5.91 Å². The van der Waals surface area contributed by atoms with Gasteiger partial charge in [0.1, 0.15) is 12.1 Å². The first-order valence-electron chi connectivity index (χ1n) is 13.8. The van der Waals surface area contributed by atoms with Crippen LogP contribution in [-0.2, 0) is 25.7 Å². The molecule has 218 valence electrons. The molecular formula is C33H37N5O4. The van der Waals surface area contributed by atoms with Crippen molar-refractivity contribution in [3.8, 4) is 11.1 Å². The summed E-state index contributed by atoms with van der Waals surface area (Å²) < 4.78 is 7.46. The highest BCUT2D eigenvalue weighted by Gasteiger charge is 2.30. The highest BCUT2D eigenvalue weighted by Crippen LogP contribution is 2.25. The predicted octanol–water partition coefficient (Wildman–Crippen LogP) is 4.37. The van der Waals surface area contributed by atoms with Crippen molar-refractivity contribution >= 4 is 23.4 Å². The van der Waals surface area contributed by atoms with E-state index in [2.05, 4.69) is 20.9 Å². The van der Waals surface area contributed by atoms with Crippen molar-refractivity contribution in [2.75, 3.05) is 19.0 Å². The zero-order valence-electron chi connectivity index (χ0n) is 24.3. The van der Waals surface area contributed by atoms with Crippen LogP contribution in [0.2, 0.25) is 0 Å². The molecule has 0 saturated heterocycles. The Kier molecular flexibility index (Phi) is 10.0. The van der Waals surface area contributed by atoms with Gasteiger partial charge in [0.15, 0.2) is 11.6 Å². The Morgan fingerprint density at radius 3 is 2.14 bits per heavy atom. The highest BCUT2D eigenvalue weighted by molar-refractivity contribution is 5.98. The quantitative estimate of drug-likeness (QED) is 0.221. The first-order valence-corrected chi connectivity index (χ1v) is 13.8. The van der Waals surface area contributed by atoms with Gasteiger partial charge in [0, 0.05) is 6.20 Å². The molecule has 1 heterocycles. The van der Waals surface area contributed by atoms with Gasteiger partial charge in [-0.1, -0.05) is 84.9 Å². The molecule has 2 atom stereocenters. The molecule has 0 aliphatic carbocycles. The van der Waals surface area contributed by atoms with Crippen LogP contribution in [0.1, 0.15) is 37.9 Å². The van der Waals surface area contributed by atoms with Gasteiger partial charge in [0.25, 0.3) is 5.91 Å². The number of hydrogen-bond acceptors (Lipinski definition) is 6. The van der Waals surface area contributed by atoms with Crippen molar-refractivity contribution in [2.45, 2.75) is 45.0 Å². The van der Waals surface area contributed by atoms with Crippen LogP contribution in [0, 0.1) is 0 Å². The van der Waals surface area contributed by atoms with E-state index < -0.39 is 23.5 Å². The molecule has 0 saturated carbocycles. The molecule has 0 spiro atoms. The number of nitrogens with one attached hydrogen (secondary N) is 3. The highest BCUT2D eigenvalue weighted by atomic mass is 16.5. The number of rotatable bonds is 13. The van der Waals surface area contributed by atoms with Gasteiger partial charge in [-0.2, -0.15) is 0 Å². The number of likely N-dealkylation sites (N-methyl/N-ethyl adjacent to an activating group) is 1. The van der Waals surface area contributed by atoms with Gasteiger partial charge in [-0.15, -0.1) is 0 Å². The summed E-state index contributed by atoms with van der Waals surface area (Å²) in [5.41, 5.74) is 2.98. The molecule has 4 rings (SSSR count). The monoisotopic (exact) mass is 567 g/mol. The topological polar surface area (TPSA) is 114 Å². The van der Waals surface area contributed by atoms with Crippen LogP contribution in [0.15, 0.2) is 97.5 Å². The molecule has 0 aliphatic rings. The number of ether oxygens (including phenoxy) is 1. The van der Waals surface area contributed by atoms with Gasteiger partial charge in [-0.25, -0.2) is 4.98 Å². The fourth-order valence-corrected chi connectivity index (χ4v) is 4.37. The van der Waals surface area contributed by atoms with E-state index in [9.17, 15) is 14.4 Å². The van der Waals surface area contributed by atoms with E-state index in [1.807, 2.05) is 84.9 Å². The van der Waals surface area contributed by atoms with Gasteiger partial charge < -0.3 is 25.3 Å². The molecule has 0 fully saturated rings. The van der Waals surface area contributed by atoms with E-state index >= 15 is 0 Å². The number of nitrogens with zero attached hydrogens (tertiary/aromatic N) is 2. The van der Waals surface area contributed by atoms with E-state index in [0.29, 0.717) is 0 Å². The molecule has 9 nitrogen and oxygen atoms in total. The van der Waals surface area contributed by atoms with Gasteiger partial charge in [0.05, 0.1) is 25.1 Å². The lowest BCUT2D eigenvalue weighted by Gasteiger charge is -2.26. The second-order valence-electron chi connectivity index (χ2n) is 10.6. The second-order valence-corrected chi connectivity index (χ2v) is 10.6. The van der Waals surface area contributed by atoms with Crippen molar-refractivity contribution < 1.29 is 19.1 Å². The largest absolute Gasteiger partial charge is 0.374 e. The summed E-state index contributed by atoms with van der Waals surface area (Å²) in [6.07, 6.45) is 3.12. The molecule has 2 amide bonds. The molecule has 4 aromatic rings. The number of ketones is 1. The summed E-state index contributed by atoms with van der Waals surface area (Å²) in [7, 11) is 1.67. The Morgan fingerprint density at radius 1 is 0.905 bits per heavy atom. The van der Waals surface area contributed by atoms with E-state index in [1.54, 1.807) is 31.7 Å². The van der Waals surface area contributed by atoms with Crippen molar-refractivity contribution in [2.24, 2.45) is 0 Å². The Morgan fingerprint density at radius 2 is 1.52 bits per heavy atom. The van der Waals surface area contributed by atoms with E-state index in [-0.39, 0.29) is 30.7 Å². The molecule has 1 aromatic heterocycles. The average molecular weight is 568 g/mol. The van der Waals surface area contributed by atoms with E-state index in [0.717, 1.165) is 22.3 Å². The number of carbonyl (C=O) groups excluding carboxylic acids is 3. The summed E-state index contributed by atoms with van der Waals surface area (Å²) in [4.78, 5) is 43.2. The van der Waals surface area contributed by atoms with Crippen LogP contribution in [-0.4, -0.2) is 52.4 Å². The average Bonchev–Trinajstić information content (AvgIpc) is 3.45. The summed E-state index contributed by atoms with van der Waals surface area (Å²) in [6, 6.07) is 25.8. The number of carbonyl (C=O) groups is 3. The van der Waals surface area contributed by atoms with Crippen molar-refractivity contribution in [1.29, 1.82) is 0 Å². The maximum absolute atomic E-state index is 13.3. The van der Waals surface area contributed by atoms with Gasteiger partial charge >= 0.3 is 0 Å². The van der Waals surface area contributed by atoms with Crippen LogP contribution in [0.25, 0.3) is 11.1 Å². The molecule has 3 N–H and O–H groups in total. The third-order valence-electron chi connectivity index (χ3n) is 7.08. The fourth-order valence-electron chi connectivity index (χ4n) is 4.37. The lowest BCUT2D eigenvalue weighted by molar-refractivity contribution is -0.131. The minimum atomic E-state index is -0.979. The molecule has 0 aliphatic heterocycles. The molecule has 9 heteroatoms. The number of anilines is 1. The van der Waals surface area contributed by atoms with Crippen LogP contribution >= 0.6 is 0 Å². The smallest absolute Gasteiger partial charge is 0.250 e. The minimum Gasteiger partial charge on any atom is -0.374 e. The number of amides is 2. The first-order chi connectivity index (χ1) is 20.2. The fraction of sp³-hybridized carbons (Fsp3) is 0.273. The molecule has 3 aromatic carbocycles. The zero-order valence-corrected chi connectivity index (χ0v) is 24.3. The number of hydrogen-bond donors (Lipinski definition) is 3. The summed E-state index contributed by atoms with van der Waals surface area (Å²) in [6.45, 7) is 5.20. The van der Waals surface area contributed by atoms with Crippen molar-refractivity contribution in [3.05, 3.63) is 109 Å². The first kappa shape index (κ1) is 30.4. The molecule has 0 bridgehead atoms. The van der Waals surface area contributed by atoms with Crippen LogP contribution in [0.3, 0.4) is 0 Å². The number of benzene rings is 3. The third-order valence-corrected chi connectivity index (χ3v) is 7.08. The lowest BCUT2D eigenvalue weighted by Crippen LogP contribution is -2.57. The van der Waals surface area contributed by atoms with Gasteiger partial charge in [-0.05, 0) is 50.1 Å². The summed E-state index contributed by atoms with van der Waals surface area (Å²) in [5, 5.41) is 8.48. The second kappa shape index (κ2) is 13.8. The molecule has 0 radical (unpaired) electrons. The molecule has 2 unspecified atom stereocenters. The number of imidazole rings is 1. The van der Waals surface area contributed by atoms with Crippen LogP contribution < -0.4 is 16.0 Å². The maximum Gasteiger partial charge on any atom is 0.250 e. The lowest BCUT2D eigenvalue weighted by atomic mass is 9.99. The van der Waals surface area contributed by atoms with E-state index in [1.165, 1.54) is 13.3 Å². The maximum atomic E-state index is 13.3. The zero-order chi connectivity index (χ0) is 30.1. The number of aromatic nitrogens is 2. The summed E-state index contributed by atoms with van der Waals surface area (Å²) in [5.74, 6) is -0.663. The van der Waals surface area contributed by atoms with Gasteiger partial charge in [-0.3, -0.25) is 14.4 Å².